The first-order valence-electron chi connectivity index (χ1n) is 11.9. The van der Waals surface area contributed by atoms with Gasteiger partial charge in [-0.15, -0.1) is 0 Å². The fourth-order valence-corrected chi connectivity index (χ4v) is 7.20. The number of rotatable bonds is 6. The summed E-state index contributed by atoms with van der Waals surface area (Å²) in [4.78, 5) is 14.9. The van der Waals surface area contributed by atoms with Gasteiger partial charge in [-0.25, -0.2) is 4.39 Å². The van der Waals surface area contributed by atoms with Crippen LogP contribution in [0.5, 0.6) is 0 Å². The fourth-order valence-electron chi connectivity index (χ4n) is 7.20. The molecule has 3 aliphatic carbocycles. The lowest BCUT2D eigenvalue weighted by atomic mass is 9.54. The largest absolute Gasteiger partial charge is 0.389 e. The van der Waals surface area contributed by atoms with Gasteiger partial charge >= 0.3 is 0 Å². The van der Waals surface area contributed by atoms with Crippen LogP contribution >= 0.6 is 0 Å². The smallest absolute Gasteiger partial charge is 0.139 e. The van der Waals surface area contributed by atoms with Crippen LogP contribution in [0.1, 0.15) is 76.3 Å². The van der Waals surface area contributed by atoms with Crippen molar-refractivity contribution in [2.45, 2.75) is 83.5 Å². The molecule has 6 atom stereocenters. The molecule has 0 radical (unpaired) electrons. The van der Waals surface area contributed by atoms with Crippen molar-refractivity contribution in [3.8, 4) is 0 Å². The van der Waals surface area contributed by atoms with Gasteiger partial charge in [0.05, 0.1) is 5.60 Å². The molecule has 172 valence electrons. The Morgan fingerprint density at radius 2 is 2.06 bits per heavy atom. The molecule has 0 aliphatic heterocycles. The fraction of sp³-hybridized carbons (Fsp3) is 0.731. The van der Waals surface area contributed by atoms with Crippen LogP contribution in [-0.2, 0) is 11.2 Å². The van der Waals surface area contributed by atoms with Crippen molar-refractivity contribution < 1.29 is 19.4 Å². The Morgan fingerprint density at radius 1 is 1.32 bits per heavy atom. The number of hydrogen-bond donors (Lipinski definition) is 2. The van der Waals surface area contributed by atoms with Crippen LogP contribution in [0.3, 0.4) is 0 Å². The first kappa shape index (κ1) is 22.9. The molecule has 0 aromatic heterocycles. The van der Waals surface area contributed by atoms with E-state index >= 15 is 0 Å². The van der Waals surface area contributed by atoms with Crippen molar-refractivity contribution in [2.75, 3.05) is 13.6 Å². The average Bonchev–Trinajstić information content (AvgIpc) is 2.95. The number of nitrogens with zero attached hydrogens (tertiary/aromatic N) is 1. The van der Waals surface area contributed by atoms with Crippen LogP contribution in [0.15, 0.2) is 18.2 Å². The van der Waals surface area contributed by atoms with Gasteiger partial charge in [-0.2, -0.15) is 0 Å². The molecule has 5 heteroatoms. The molecule has 0 spiro atoms. The number of hydrogen-bond acceptors (Lipinski definition) is 4. The molecule has 4 nitrogen and oxygen atoms in total. The van der Waals surface area contributed by atoms with E-state index < -0.39 is 11.8 Å². The highest BCUT2D eigenvalue weighted by molar-refractivity contribution is 5.87. The summed E-state index contributed by atoms with van der Waals surface area (Å²) in [7, 11) is 1.83. The maximum Gasteiger partial charge on any atom is 0.139 e. The van der Waals surface area contributed by atoms with E-state index in [4.69, 9.17) is 0 Å². The molecule has 1 aromatic carbocycles. The highest BCUT2D eigenvalue weighted by atomic mass is 19.1. The Hall–Kier alpha value is -1.30. The number of benzene rings is 1. The van der Waals surface area contributed by atoms with Gasteiger partial charge in [0.1, 0.15) is 17.8 Å². The molecular formula is C26H38FNO3. The van der Waals surface area contributed by atoms with E-state index in [1.54, 1.807) is 24.8 Å². The van der Waals surface area contributed by atoms with Crippen LogP contribution in [0, 0.1) is 29.0 Å². The standard InChI is InChI=1S/C26H38FNO3/c1-25(2,31)15-28(4)23(30)11-8-16-14-22(29)26(3)13-12-18-17-6-5-7-21(27)19(17)9-10-20(18)24(16)26/h5-7,16,18,20,23-24,30-31H,8-15H2,1-4H3/t16-,18?,20?,23?,24?,26-/m1/s1. The van der Waals surface area contributed by atoms with Crippen LogP contribution in [0.4, 0.5) is 4.39 Å². The van der Waals surface area contributed by atoms with Gasteiger partial charge in [-0.3, -0.25) is 9.69 Å². The summed E-state index contributed by atoms with van der Waals surface area (Å²) in [6.07, 6.45) is 4.92. The van der Waals surface area contributed by atoms with Gasteiger partial charge in [0.2, 0.25) is 0 Å². The quantitative estimate of drug-likeness (QED) is 0.660. The molecule has 0 saturated heterocycles. The topological polar surface area (TPSA) is 60.8 Å². The van der Waals surface area contributed by atoms with Crippen LogP contribution in [0.25, 0.3) is 0 Å². The minimum Gasteiger partial charge on any atom is -0.389 e. The lowest BCUT2D eigenvalue weighted by Gasteiger charge is -2.50. The number of aliphatic hydroxyl groups excluding tert-OH is 1. The van der Waals surface area contributed by atoms with Gasteiger partial charge in [-0.1, -0.05) is 19.1 Å². The Bertz CT molecular complexity index is 834. The maximum absolute atomic E-state index is 14.4. The van der Waals surface area contributed by atoms with E-state index in [9.17, 15) is 19.4 Å². The van der Waals surface area contributed by atoms with Crippen LogP contribution in [-0.4, -0.2) is 46.3 Å². The number of Topliss-reactive ketones (excluding diaryl/α,β-unsaturated/α-hetero) is 1. The Morgan fingerprint density at radius 3 is 2.77 bits per heavy atom. The summed E-state index contributed by atoms with van der Waals surface area (Å²) in [5.41, 5.74) is 0.915. The molecule has 2 N–H and O–H groups in total. The zero-order valence-electron chi connectivity index (χ0n) is 19.4. The highest BCUT2D eigenvalue weighted by Crippen LogP contribution is 2.62. The summed E-state index contributed by atoms with van der Waals surface area (Å²) in [5, 5.41) is 20.7. The van der Waals surface area contributed by atoms with Crippen LogP contribution in [0.2, 0.25) is 0 Å². The molecule has 0 heterocycles. The second kappa shape index (κ2) is 8.24. The first-order valence-corrected chi connectivity index (χ1v) is 11.9. The molecule has 0 bridgehead atoms. The normalized spacial score (nSPS) is 33.7. The molecule has 0 amide bonds. The molecule has 4 unspecified atom stereocenters. The maximum atomic E-state index is 14.4. The van der Waals surface area contributed by atoms with Gasteiger partial charge < -0.3 is 10.2 Å². The van der Waals surface area contributed by atoms with E-state index in [0.29, 0.717) is 42.9 Å². The molecule has 1 aromatic rings. The number of likely N-dealkylation sites (N-methyl/N-ethyl adjacent to an activating group) is 1. The number of fused-ring (bicyclic) bond motifs is 5. The predicted octanol–water partition coefficient (Wildman–Crippen LogP) is 4.28. The average molecular weight is 432 g/mol. The van der Waals surface area contributed by atoms with Crippen molar-refractivity contribution in [3.63, 3.8) is 0 Å². The van der Waals surface area contributed by atoms with Crippen LogP contribution < -0.4 is 0 Å². The lowest BCUT2D eigenvalue weighted by molar-refractivity contribution is -0.129. The monoisotopic (exact) mass is 431 g/mol. The molecule has 31 heavy (non-hydrogen) atoms. The Labute approximate surface area is 185 Å². The number of aliphatic hydroxyl groups is 2. The third-order valence-corrected chi connectivity index (χ3v) is 8.50. The number of halogens is 1. The number of ketones is 1. The van der Waals surface area contributed by atoms with E-state index in [2.05, 4.69) is 13.0 Å². The van der Waals surface area contributed by atoms with Gasteiger partial charge in [0, 0.05) is 18.4 Å². The number of carbonyl (C=O) groups excluding carboxylic acids is 1. The third kappa shape index (κ3) is 4.21. The third-order valence-electron chi connectivity index (χ3n) is 8.50. The predicted molar refractivity (Wildman–Crippen MR) is 119 cm³/mol. The minimum absolute atomic E-state index is 0.0821. The summed E-state index contributed by atoms with van der Waals surface area (Å²) in [6, 6.07) is 5.50. The first-order chi connectivity index (χ1) is 14.5. The van der Waals surface area contributed by atoms with Crippen molar-refractivity contribution >= 4 is 5.78 Å². The van der Waals surface area contributed by atoms with E-state index in [1.807, 2.05) is 13.1 Å². The summed E-state index contributed by atoms with van der Waals surface area (Å²) in [6.45, 7) is 6.03. The van der Waals surface area contributed by atoms with Gasteiger partial charge in [0.15, 0.2) is 0 Å². The molecule has 2 saturated carbocycles. The zero-order valence-corrected chi connectivity index (χ0v) is 19.4. The van der Waals surface area contributed by atoms with Crippen molar-refractivity contribution in [2.24, 2.45) is 23.2 Å². The van der Waals surface area contributed by atoms with Crippen molar-refractivity contribution in [1.82, 2.24) is 4.90 Å². The Kier molecular flexibility index (Phi) is 6.08. The number of carbonyl (C=O) groups is 1. The van der Waals surface area contributed by atoms with E-state index in [1.165, 1.54) is 5.56 Å². The van der Waals surface area contributed by atoms with Crippen molar-refractivity contribution in [1.29, 1.82) is 0 Å². The molecule has 2 fully saturated rings. The Balaban J connectivity index is 1.51. The lowest BCUT2D eigenvalue weighted by Crippen LogP contribution is -2.45. The molecular weight excluding hydrogens is 393 g/mol. The summed E-state index contributed by atoms with van der Waals surface area (Å²) in [5.74, 6) is 1.63. The second-order valence-electron chi connectivity index (χ2n) is 11.3. The van der Waals surface area contributed by atoms with Gasteiger partial charge in [-0.05, 0) is 100 Å². The SMILES string of the molecule is CN(CC(C)(C)O)C(O)CC[C@@H]1CC(=O)[C@@]2(C)CCC3c4cccc(F)c4CCC3C12. The summed E-state index contributed by atoms with van der Waals surface area (Å²) < 4.78 is 14.4. The zero-order chi connectivity index (χ0) is 22.6. The molecule has 3 aliphatic rings. The molecule has 4 rings (SSSR count). The highest BCUT2D eigenvalue weighted by Gasteiger charge is 2.58. The second-order valence-corrected chi connectivity index (χ2v) is 11.3. The summed E-state index contributed by atoms with van der Waals surface area (Å²) >= 11 is 0. The van der Waals surface area contributed by atoms with E-state index in [-0.39, 0.29) is 17.2 Å². The van der Waals surface area contributed by atoms with Crippen molar-refractivity contribution in [3.05, 3.63) is 35.1 Å². The minimum atomic E-state index is -0.862. The van der Waals surface area contributed by atoms with Gasteiger partial charge in [0.25, 0.3) is 0 Å². The van der Waals surface area contributed by atoms with E-state index in [0.717, 1.165) is 37.7 Å².